The minimum Gasteiger partial charge on any atom is -0.376 e. The van der Waals surface area contributed by atoms with Gasteiger partial charge in [0.05, 0.1) is 12.1 Å². The first-order valence-corrected chi connectivity index (χ1v) is 10.8. The van der Waals surface area contributed by atoms with Crippen molar-refractivity contribution in [2.24, 2.45) is 5.92 Å². The van der Waals surface area contributed by atoms with Crippen LogP contribution >= 0.6 is 0 Å². The Morgan fingerprint density at radius 3 is 2.79 bits per heavy atom. The highest BCUT2D eigenvalue weighted by Gasteiger charge is 2.30. The zero-order valence-corrected chi connectivity index (χ0v) is 18.4. The number of hydrogen-bond acceptors (Lipinski definition) is 5. The lowest BCUT2D eigenvalue weighted by Gasteiger charge is -2.31. The molecule has 1 aliphatic heterocycles. The van der Waals surface area contributed by atoms with E-state index >= 15 is 0 Å². The predicted molar refractivity (Wildman–Crippen MR) is 118 cm³/mol. The van der Waals surface area contributed by atoms with Crippen LogP contribution in [0.1, 0.15) is 47.1 Å². The first-order chi connectivity index (χ1) is 15.7. The SMILES string of the molecule is Cc1cc(C(=O)N2CCCC(C)C2)ccc1NCc1nc(-c2cccc(C(F)(F)F)c2)no1. The second kappa shape index (κ2) is 9.25. The van der Waals surface area contributed by atoms with Crippen LogP contribution in [-0.2, 0) is 12.7 Å². The number of likely N-dealkylation sites (tertiary alicyclic amines) is 1. The molecule has 33 heavy (non-hydrogen) atoms. The fraction of sp³-hybridized carbons (Fsp3) is 0.375. The number of benzene rings is 2. The highest BCUT2D eigenvalue weighted by Crippen LogP contribution is 2.31. The summed E-state index contributed by atoms with van der Waals surface area (Å²) in [5.74, 6) is 0.884. The number of aryl methyl sites for hydroxylation is 1. The highest BCUT2D eigenvalue weighted by atomic mass is 19.4. The van der Waals surface area contributed by atoms with Crippen molar-refractivity contribution in [3.63, 3.8) is 0 Å². The van der Waals surface area contributed by atoms with Crippen LogP contribution in [0.25, 0.3) is 11.4 Å². The molecule has 1 saturated heterocycles. The molecule has 2 aromatic carbocycles. The van der Waals surface area contributed by atoms with Gasteiger partial charge in [-0.15, -0.1) is 0 Å². The number of anilines is 1. The van der Waals surface area contributed by atoms with E-state index < -0.39 is 11.7 Å². The standard InChI is InChI=1S/C24H25F3N4O2/c1-15-5-4-10-31(14-15)23(32)18-8-9-20(16(2)11-18)28-13-21-29-22(30-33-21)17-6-3-7-19(12-17)24(25,26)27/h3,6-9,11-12,15,28H,4-5,10,13-14H2,1-2H3. The number of carbonyl (C=O) groups is 1. The number of halogens is 3. The molecule has 1 atom stereocenters. The Balaban J connectivity index is 1.41. The fourth-order valence-electron chi connectivity index (χ4n) is 4.00. The van der Waals surface area contributed by atoms with Gasteiger partial charge >= 0.3 is 6.18 Å². The van der Waals surface area contributed by atoms with E-state index in [-0.39, 0.29) is 29.7 Å². The van der Waals surface area contributed by atoms with Gasteiger partial charge in [0.2, 0.25) is 11.7 Å². The minimum atomic E-state index is -4.44. The predicted octanol–water partition coefficient (Wildman–Crippen LogP) is 5.55. The van der Waals surface area contributed by atoms with E-state index in [0.29, 0.717) is 11.5 Å². The number of alkyl halides is 3. The van der Waals surface area contributed by atoms with Crippen LogP contribution in [0.5, 0.6) is 0 Å². The zero-order chi connectivity index (χ0) is 23.6. The second-order valence-electron chi connectivity index (χ2n) is 8.47. The van der Waals surface area contributed by atoms with Crippen molar-refractivity contribution < 1.29 is 22.5 Å². The Labute approximate surface area is 189 Å². The summed E-state index contributed by atoms with van der Waals surface area (Å²) in [4.78, 5) is 18.9. The molecule has 1 aromatic heterocycles. The van der Waals surface area contributed by atoms with Gasteiger partial charge in [0, 0.05) is 29.9 Å². The van der Waals surface area contributed by atoms with Crippen molar-refractivity contribution in [3.05, 3.63) is 65.0 Å². The molecule has 9 heteroatoms. The van der Waals surface area contributed by atoms with E-state index in [1.807, 2.05) is 24.0 Å². The van der Waals surface area contributed by atoms with E-state index in [4.69, 9.17) is 4.52 Å². The van der Waals surface area contributed by atoms with Crippen molar-refractivity contribution in [2.75, 3.05) is 18.4 Å². The molecule has 1 fully saturated rings. The van der Waals surface area contributed by atoms with Gasteiger partial charge in [0.25, 0.3) is 5.91 Å². The summed E-state index contributed by atoms with van der Waals surface area (Å²) < 4.78 is 44.0. The Kier molecular flexibility index (Phi) is 6.40. The number of nitrogens with zero attached hydrogens (tertiary/aromatic N) is 3. The van der Waals surface area contributed by atoms with E-state index in [1.165, 1.54) is 12.1 Å². The molecule has 3 aromatic rings. The number of aromatic nitrogens is 2. The quantitative estimate of drug-likeness (QED) is 0.543. The average molecular weight is 458 g/mol. The van der Waals surface area contributed by atoms with Gasteiger partial charge in [-0.1, -0.05) is 24.2 Å². The number of hydrogen-bond donors (Lipinski definition) is 1. The van der Waals surface area contributed by atoms with Crippen molar-refractivity contribution in [3.8, 4) is 11.4 Å². The lowest BCUT2D eigenvalue weighted by atomic mass is 9.99. The molecule has 0 aliphatic carbocycles. The molecule has 0 saturated carbocycles. The summed E-state index contributed by atoms with van der Waals surface area (Å²) in [6.07, 6.45) is -2.27. The summed E-state index contributed by atoms with van der Waals surface area (Å²) in [6.45, 7) is 5.83. The smallest absolute Gasteiger partial charge is 0.376 e. The van der Waals surface area contributed by atoms with Gasteiger partial charge in [-0.3, -0.25) is 4.79 Å². The normalized spacial score (nSPS) is 16.6. The number of rotatable bonds is 5. The molecule has 0 spiro atoms. The third-order valence-corrected chi connectivity index (χ3v) is 5.76. The third kappa shape index (κ3) is 5.35. The van der Waals surface area contributed by atoms with Gasteiger partial charge in [0.1, 0.15) is 0 Å². The van der Waals surface area contributed by atoms with Crippen LogP contribution in [0.4, 0.5) is 18.9 Å². The molecule has 1 amide bonds. The molecule has 1 aliphatic rings. The Bertz CT molecular complexity index is 1140. The van der Waals surface area contributed by atoms with Crippen LogP contribution in [-0.4, -0.2) is 34.0 Å². The van der Waals surface area contributed by atoms with Crippen LogP contribution in [0.2, 0.25) is 0 Å². The Hall–Kier alpha value is -3.36. The minimum absolute atomic E-state index is 0.0406. The summed E-state index contributed by atoms with van der Waals surface area (Å²) in [5, 5.41) is 6.98. The highest BCUT2D eigenvalue weighted by molar-refractivity contribution is 5.95. The lowest BCUT2D eigenvalue weighted by molar-refractivity contribution is -0.137. The molecular formula is C24H25F3N4O2. The van der Waals surface area contributed by atoms with Crippen molar-refractivity contribution in [1.82, 2.24) is 15.0 Å². The molecule has 1 N–H and O–H groups in total. The molecule has 1 unspecified atom stereocenters. The van der Waals surface area contributed by atoms with Gasteiger partial charge < -0.3 is 14.7 Å². The van der Waals surface area contributed by atoms with Gasteiger partial charge in [-0.05, 0) is 61.6 Å². The van der Waals surface area contributed by atoms with Crippen LogP contribution in [0, 0.1) is 12.8 Å². The molecule has 4 rings (SSSR count). The molecular weight excluding hydrogens is 433 g/mol. The number of nitrogens with one attached hydrogen (secondary N) is 1. The maximum Gasteiger partial charge on any atom is 0.416 e. The topological polar surface area (TPSA) is 71.3 Å². The van der Waals surface area contributed by atoms with E-state index in [1.54, 1.807) is 6.07 Å². The Morgan fingerprint density at radius 2 is 2.06 bits per heavy atom. The van der Waals surface area contributed by atoms with Gasteiger partial charge in [-0.2, -0.15) is 18.2 Å². The summed E-state index contributed by atoms with van der Waals surface area (Å²) in [5.41, 5.74) is 1.80. The number of piperidine rings is 1. The van der Waals surface area contributed by atoms with Crippen molar-refractivity contribution in [1.29, 1.82) is 0 Å². The first-order valence-electron chi connectivity index (χ1n) is 10.8. The third-order valence-electron chi connectivity index (χ3n) is 5.76. The second-order valence-corrected chi connectivity index (χ2v) is 8.47. The summed E-state index contributed by atoms with van der Waals surface area (Å²) in [6, 6.07) is 10.3. The van der Waals surface area contributed by atoms with E-state index in [2.05, 4.69) is 22.4 Å². The van der Waals surface area contributed by atoms with Crippen LogP contribution < -0.4 is 5.32 Å². The number of amides is 1. The largest absolute Gasteiger partial charge is 0.416 e. The molecule has 0 radical (unpaired) electrons. The van der Waals surface area contributed by atoms with Crippen molar-refractivity contribution >= 4 is 11.6 Å². The maximum atomic E-state index is 12.9. The lowest BCUT2D eigenvalue weighted by Crippen LogP contribution is -2.39. The van der Waals surface area contributed by atoms with Gasteiger partial charge in [0.15, 0.2) is 0 Å². The van der Waals surface area contributed by atoms with E-state index in [0.717, 1.165) is 49.3 Å². The first kappa shape index (κ1) is 22.8. The average Bonchev–Trinajstić information content (AvgIpc) is 3.26. The molecule has 174 valence electrons. The summed E-state index contributed by atoms with van der Waals surface area (Å²) in [7, 11) is 0. The number of carbonyl (C=O) groups excluding carboxylic acids is 1. The fourth-order valence-corrected chi connectivity index (χ4v) is 4.00. The summed E-state index contributed by atoms with van der Waals surface area (Å²) >= 11 is 0. The van der Waals surface area contributed by atoms with Crippen molar-refractivity contribution in [2.45, 2.75) is 39.4 Å². The van der Waals surface area contributed by atoms with Crippen LogP contribution in [0.15, 0.2) is 47.0 Å². The maximum absolute atomic E-state index is 12.9. The zero-order valence-electron chi connectivity index (χ0n) is 18.4. The van der Waals surface area contributed by atoms with Crippen LogP contribution in [0.3, 0.4) is 0 Å². The molecule has 0 bridgehead atoms. The van der Waals surface area contributed by atoms with E-state index in [9.17, 15) is 18.0 Å². The van der Waals surface area contributed by atoms with Gasteiger partial charge in [-0.25, -0.2) is 0 Å². The monoisotopic (exact) mass is 458 g/mol. The molecule has 6 nitrogen and oxygen atoms in total. The molecule has 2 heterocycles. The Morgan fingerprint density at radius 1 is 1.24 bits per heavy atom.